The zero-order valence-electron chi connectivity index (χ0n) is 10.6. The van der Waals surface area contributed by atoms with Crippen molar-refractivity contribution in [3.05, 3.63) is 24.3 Å². The molecule has 0 aromatic carbocycles. The minimum atomic E-state index is 0.383. The Morgan fingerprint density at radius 2 is 1.25 bits per heavy atom. The van der Waals surface area contributed by atoms with Crippen LogP contribution in [0.15, 0.2) is 34.5 Å². The molecule has 0 fully saturated rings. The van der Waals surface area contributed by atoms with Gasteiger partial charge in [-0.3, -0.25) is 0 Å². The van der Waals surface area contributed by atoms with Gasteiger partial charge in [0.05, 0.1) is 12.1 Å². The van der Waals surface area contributed by atoms with Crippen molar-refractivity contribution < 1.29 is 0 Å². The van der Waals surface area contributed by atoms with Gasteiger partial charge in [-0.1, -0.05) is 38.2 Å². The average molecular weight is 220 g/mol. The van der Waals surface area contributed by atoms with Gasteiger partial charge in [0.1, 0.15) is 0 Å². The smallest absolute Gasteiger partial charge is 0.0740 e. The molecule has 0 aromatic heterocycles. The fraction of sp³-hybridized carbons (Fsp3) is 0.714. The molecule has 0 amide bonds. The summed E-state index contributed by atoms with van der Waals surface area (Å²) in [5, 5.41) is 8.94. The van der Waals surface area contributed by atoms with Crippen LogP contribution in [0.3, 0.4) is 0 Å². The summed E-state index contributed by atoms with van der Waals surface area (Å²) in [5.74, 6) is 0. The van der Waals surface area contributed by atoms with Gasteiger partial charge in [0.2, 0.25) is 0 Å². The van der Waals surface area contributed by atoms with Gasteiger partial charge in [-0.05, 0) is 38.5 Å². The summed E-state index contributed by atoms with van der Waals surface area (Å²) in [4.78, 5) is 0. The molecule has 16 heavy (non-hydrogen) atoms. The second kappa shape index (κ2) is 8.26. The van der Waals surface area contributed by atoms with Crippen molar-refractivity contribution in [2.24, 2.45) is 10.2 Å². The van der Waals surface area contributed by atoms with Crippen LogP contribution >= 0.6 is 0 Å². The van der Waals surface area contributed by atoms with E-state index in [-0.39, 0.29) is 0 Å². The number of hydrogen-bond acceptors (Lipinski definition) is 2. The molecule has 0 spiro atoms. The third kappa shape index (κ3) is 5.24. The van der Waals surface area contributed by atoms with E-state index in [0.29, 0.717) is 12.1 Å². The Balaban J connectivity index is 2.62. The van der Waals surface area contributed by atoms with Gasteiger partial charge in [-0.25, -0.2) is 0 Å². The Kier molecular flexibility index (Phi) is 6.78. The highest BCUT2D eigenvalue weighted by Crippen LogP contribution is 2.12. The van der Waals surface area contributed by atoms with Gasteiger partial charge in [0.25, 0.3) is 0 Å². The summed E-state index contributed by atoms with van der Waals surface area (Å²) in [6.07, 6.45) is 15.6. The first-order valence-corrected chi connectivity index (χ1v) is 6.56. The van der Waals surface area contributed by atoms with Crippen LogP contribution in [0.1, 0.15) is 52.4 Å². The number of azo groups is 1. The van der Waals surface area contributed by atoms with Crippen LogP contribution in [0.2, 0.25) is 0 Å². The SMILES string of the molecule is CCC1C/C=C/CC/C=C/CC(CC)N=N1. The molecule has 1 aliphatic rings. The molecular weight excluding hydrogens is 196 g/mol. The predicted molar refractivity (Wildman–Crippen MR) is 69.8 cm³/mol. The fourth-order valence-electron chi connectivity index (χ4n) is 1.71. The Morgan fingerprint density at radius 3 is 1.62 bits per heavy atom. The van der Waals surface area contributed by atoms with Gasteiger partial charge >= 0.3 is 0 Å². The molecule has 1 heterocycles. The van der Waals surface area contributed by atoms with Gasteiger partial charge in [0.15, 0.2) is 0 Å². The molecule has 1 aliphatic heterocycles. The van der Waals surface area contributed by atoms with Crippen LogP contribution in [-0.4, -0.2) is 12.1 Å². The third-order valence-corrected chi connectivity index (χ3v) is 2.99. The molecule has 0 N–H and O–H groups in total. The zero-order chi connectivity index (χ0) is 11.6. The third-order valence-electron chi connectivity index (χ3n) is 2.99. The summed E-state index contributed by atoms with van der Waals surface area (Å²) in [6, 6.07) is 0.766. The van der Waals surface area contributed by atoms with Crippen molar-refractivity contribution in [2.75, 3.05) is 0 Å². The number of nitrogens with zero attached hydrogens (tertiary/aromatic N) is 2. The lowest BCUT2D eigenvalue weighted by Crippen LogP contribution is -2.05. The maximum Gasteiger partial charge on any atom is 0.0740 e. The molecular formula is C14H24N2. The van der Waals surface area contributed by atoms with E-state index in [9.17, 15) is 0 Å². The molecule has 0 aromatic rings. The van der Waals surface area contributed by atoms with Crippen LogP contribution in [-0.2, 0) is 0 Å². The monoisotopic (exact) mass is 220 g/mol. The van der Waals surface area contributed by atoms with Crippen molar-refractivity contribution in [1.82, 2.24) is 0 Å². The van der Waals surface area contributed by atoms with Gasteiger partial charge in [-0.2, -0.15) is 10.2 Å². The largest absolute Gasteiger partial charge is 0.190 e. The first-order chi connectivity index (χ1) is 7.86. The number of rotatable bonds is 2. The van der Waals surface area contributed by atoms with Crippen LogP contribution < -0.4 is 0 Å². The van der Waals surface area contributed by atoms with E-state index >= 15 is 0 Å². The summed E-state index contributed by atoms with van der Waals surface area (Å²) in [6.45, 7) is 4.37. The average Bonchev–Trinajstić information content (AvgIpc) is 2.30. The van der Waals surface area contributed by atoms with Gasteiger partial charge in [0, 0.05) is 0 Å². The molecule has 2 atom stereocenters. The van der Waals surface area contributed by atoms with E-state index < -0.39 is 0 Å². The van der Waals surface area contributed by atoms with E-state index in [1.54, 1.807) is 0 Å². The maximum absolute atomic E-state index is 4.47. The van der Waals surface area contributed by atoms with Crippen molar-refractivity contribution >= 4 is 0 Å². The van der Waals surface area contributed by atoms with E-state index in [0.717, 1.165) is 38.5 Å². The lowest BCUT2D eigenvalue weighted by Gasteiger charge is -2.09. The highest BCUT2D eigenvalue weighted by atomic mass is 15.1. The van der Waals surface area contributed by atoms with Crippen molar-refractivity contribution in [3.8, 4) is 0 Å². The fourth-order valence-corrected chi connectivity index (χ4v) is 1.71. The normalized spacial score (nSPS) is 31.4. The second-order valence-electron chi connectivity index (χ2n) is 4.35. The van der Waals surface area contributed by atoms with Crippen LogP contribution in [0, 0.1) is 0 Å². The molecule has 0 bridgehead atoms. The first kappa shape index (κ1) is 13.1. The standard InChI is InChI=1S/C14H24N2/c1-3-13-11-9-7-5-6-8-10-12-14(4-2)16-15-13/h7-10,13-14H,3-6,11-12H2,1-2H3/b9-7+,10-8+,16-15?. The molecule has 0 saturated carbocycles. The number of hydrogen-bond donors (Lipinski definition) is 0. The van der Waals surface area contributed by atoms with E-state index in [1.165, 1.54) is 0 Å². The lowest BCUT2D eigenvalue weighted by atomic mass is 10.1. The van der Waals surface area contributed by atoms with Crippen LogP contribution in [0.4, 0.5) is 0 Å². The van der Waals surface area contributed by atoms with E-state index in [1.807, 2.05) is 0 Å². The summed E-state index contributed by atoms with van der Waals surface area (Å²) >= 11 is 0. The second-order valence-corrected chi connectivity index (χ2v) is 4.35. The minimum absolute atomic E-state index is 0.383. The van der Waals surface area contributed by atoms with Crippen LogP contribution in [0.25, 0.3) is 0 Å². The molecule has 90 valence electrons. The predicted octanol–water partition coefficient (Wildman–Crippen LogP) is 4.68. The van der Waals surface area contributed by atoms with Crippen molar-refractivity contribution in [3.63, 3.8) is 0 Å². The Labute approximate surface area is 99.5 Å². The van der Waals surface area contributed by atoms with E-state index in [2.05, 4.69) is 48.4 Å². The molecule has 0 saturated heterocycles. The molecule has 2 nitrogen and oxygen atoms in total. The van der Waals surface area contributed by atoms with E-state index in [4.69, 9.17) is 0 Å². The summed E-state index contributed by atoms with van der Waals surface area (Å²) in [7, 11) is 0. The van der Waals surface area contributed by atoms with Gasteiger partial charge < -0.3 is 0 Å². The number of allylic oxidation sites excluding steroid dienone is 2. The van der Waals surface area contributed by atoms with Crippen molar-refractivity contribution in [2.45, 2.75) is 64.5 Å². The molecule has 0 radical (unpaired) electrons. The molecule has 0 aliphatic carbocycles. The highest BCUT2D eigenvalue weighted by molar-refractivity contribution is 4.92. The zero-order valence-corrected chi connectivity index (χ0v) is 10.6. The first-order valence-electron chi connectivity index (χ1n) is 6.56. The topological polar surface area (TPSA) is 24.7 Å². The molecule has 1 rings (SSSR count). The summed E-state index contributed by atoms with van der Waals surface area (Å²) in [5.41, 5.74) is 0. The maximum atomic E-state index is 4.47. The lowest BCUT2D eigenvalue weighted by molar-refractivity contribution is 0.552. The quantitative estimate of drug-likeness (QED) is 0.603. The van der Waals surface area contributed by atoms with Crippen LogP contribution in [0.5, 0.6) is 0 Å². The van der Waals surface area contributed by atoms with Crippen molar-refractivity contribution in [1.29, 1.82) is 0 Å². The molecule has 2 unspecified atom stereocenters. The Morgan fingerprint density at radius 1 is 0.812 bits per heavy atom. The Bertz CT molecular complexity index is 227. The highest BCUT2D eigenvalue weighted by Gasteiger charge is 2.05. The molecule has 2 heteroatoms. The Hall–Kier alpha value is -0.920. The minimum Gasteiger partial charge on any atom is -0.190 e. The summed E-state index contributed by atoms with van der Waals surface area (Å²) < 4.78 is 0. The van der Waals surface area contributed by atoms with Gasteiger partial charge in [-0.15, -0.1) is 0 Å².